The van der Waals surface area contributed by atoms with Crippen LogP contribution in [0.2, 0.25) is 0 Å². The fourth-order valence-electron chi connectivity index (χ4n) is 1.67. The van der Waals surface area contributed by atoms with E-state index in [-0.39, 0.29) is 0 Å². The van der Waals surface area contributed by atoms with Crippen LogP contribution in [0.15, 0.2) is 6.20 Å². The van der Waals surface area contributed by atoms with Gasteiger partial charge in [0.2, 0.25) is 0 Å². The van der Waals surface area contributed by atoms with E-state index in [4.69, 9.17) is 5.73 Å². The first-order chi connectivity index (χ1) is 6.31. The molecule has 0 radical (unpaired) electrons. The molecule has 0 aliphatic heterocycles. The Labute approximate surface area is 79.0 Å². The largest absolute Gasteiger partial charge is 0.337 e. The van der Waals surface area contributed by atoms with Crippen molar-refractivity contribution in [3.8, 4) is 0 Å². The van der Waals surface area contributed by atoms with Gasteiger partial charge in [-0.1, -0.05) is 0 Å². The SMILES string of the molecule is Cn1cc(CCCN)nc1C1CC1. The lowest BCUT2D eigenvalue weighted by molar-refractivity contribution is 0.796. The molecular formula is C10H17N3. The maximum atomic E-state index is 5.46. The highest BCUT2D eigenvalue weighted by atomic mass is 15.1. The molecule has 1 aromatic heterocycles. The fraction of sp³-hybridized carbons (Fsp3) is 0.700. The normalized spacial score (nSPS) is 16.5. The summed E-state index contributed by atoms with van der Waals surface area (Å²) in [7, 11) is 2.09. The summed E-state index contributed by atoms with van der Waals surface area (Å²) >= 11 is 0. The standard InChI is InChI=1S/C10H17N3/c1-13-7-9(3-2-6-11)12-10(13)8-4-5-8/h7-8H,2-6,11H2,1H3. The summed E-state index contributed by atoms with van der Waals surface area (Å²) in [6.45, 7) is 0.759. The number of hydrogen-bond donors (Lipinski definition) is 1. The summed E-state index contributed by atoms with van der Waals surface area (Å²) in [4.78, 5) is 4.62. The van der Waals surface area contributed by atoms with E-state index in [1.165, 1.54) is 24.4 Å². The number of imidazole rings is 1. The van der Waals surface area contributed by atoms with Crippen LogP contribution in [0.5, 0.6) is 0 Å². The van der Waals surface area contributed by atoms with Crippen molar-refractivity contribution in [1.82, 2.24) is 9.55 Å². The lowest BCUT2D eigenvalue weighted by atomic mass is 10.2. The van der Waals surface area contributed by atoms with Crippen LogP contribution in [-0.2, 0) is 13.5 Å². The van der Waals surface area contributed by atoms with Crippen molar-refractivity contribution in [2.45, 2.75) is 31.6 Å². The zero-order chi connectivity index (χ0) is 9.26. The van der Waals surface area contributed by atoms with E-state index in [0.717, 1.165) is 25.3 Å². The number of aryl methyl sites for hydroxylation is 2. The lowest BCUT2D eigenvalue weighted by Gasteiger charge is -1.94. The predicted molar refractivity (Wildman–Crippen MR) is 52.6 cm³/mol. The molecule has 2 N–H and O–H groups in total. The van der Waals surface area contributed by atoms with E-state index in [9.17, 15) is 0 Å². The number of aromatic nitrogens is 2. The number of nitrogens with two attached hydrogens (primary N) is 1. The molecule has 0 amide bonds. The molecule has 1 heterocycles. The van der Waals surface area contributed by atoms with Gasteiger partial charge >= 0.3 is 0 Å². The molecule has 3 heteroatoms. The summed E-state index contributed by atoms with van der Waals surface area (Å²) in [5.74, 6) is 2.02. The third kappa shape index (κ3) is 1.91. The lowest BCUT2D eigenvalue weighted by Crippen LogP contribution is -2.00. The Morgan fingerprint density at radius 2 is 2.38 bits per heavy atom. The molecule has 0 saturated heterocycles. The van der Waals surface area contributed by atoms with Crippen LogP contribution < -0.4 is 5.73 Å². The van der Waals surface area contributed by atoms with E-state index in [2.05, 4.69) is 22.8 Å². The minimum atomic E-state index is 0.747. The second-order valence-corrected chi connectivity index (χ2v) is 3.87. The third-order valence-electron chi connectivity index (χ3n) is 2.54. The van der Waals surface area contributed by atoms with E-state index >= 15 is 0 Å². The molecule has 0 atom stereocenters. The monoisotopic (exact) mass is 179 g/mol. The van der Waals surface area contributed by atoms with Crippen LogP contribution in [0.25, 0.3) is 0 Å². The Morgan fingerprint density at radius 3 is 3.00 bits per heavy atom. The molecule has 0 aromatic carbocycles. The highest BCUT2D eigenvalue weighted by molar-refractivity contribution is 5.12. The van der Waals surface area contributed by atoms with Gasteiger partial charge in [0, 0.05) is 19.2 Å². The van der Waals surface area contributed by atoms with Crippen LogP contribution in [0, 0.1) is 0 Å². The molecule has 0 unspecified atom stereocenters. The summed E-state index contributed by atoms with van der Waals surface area (Å²) in [6, 6.07) is 0. The van der Waals surface area contributed by atoms with Crippen molar-refractivity contribution >= 4 is 0 Å². The minimum Gasteiger partial charge on any atom is -0.337 e. The third-order valence-corrected chi connectivity index (χ3v) is 2.54. The molecule has 0 bridgehead atoms. The van der Waals surface area contributed by atoms with Crippen LogP contribution in [0.3, 0.4) is 0 Å². The highest BCUT2D eigenvalue weighted by Crippen LogP contribution is 2.39. The maximum absolute atomic E-state index is 5.46. The second kappa shape index (κ2) is 3.50. The summed E-state index contributed by atoms with van der Waals surface area (Å²) in [6.07, 6.45) is 6.85. The Morgan fingerprint density at radius 1 is 1.62 bits per heavy atom. The average Bonchev–Trinajstić information content (AvgIpc) is 2.88. The summed E-state index contributed by atoms with van der Waals surface area (Å²) in [5, 5.41) is 0. The van der Waals surface area contributed by atoms with Gasteiger partial charge in [0.15, 0.2) is 0 Å². The molecular weight excluding hydrogens is 162 g/mol. The Bertz CT molecular complexity index is 286. The van der Waals surface area contributed by atoms with Crippen molar-refractivity contribution < 1.29 is 0 Å². The van der Waals surface area contributed by atoms with E-state index in [0.29, 0.717) is 0 Å². The van der Waals surface area contributed by atoms with Gasteiger partial charge in [-0.15, -0.1) is 0 Å². The molecule has 13 heavy (non-hydrogen) atoms. The Kier molecular flexibility index (Phi) is 2.36. The highest BCUT2D eigenvalue weighted by Gasteiger charge is 2.27. The molecule has 2 rings (SSSR count). The fourth-order valence-corrected chi connectivity index (χ4v) is 1.67. The van der Waals surface area contributed by atoms with Crippen molar-refractivity contribution in [2.24, 2.45) is 12.8 Å². The average molecular weight is 179 g/mol. The number of nitrogens with zero attached hydrogens (tertiary/aromatic N) is 2. The van der Waals surface area contributed by atoms with E-state index in [1.807, 2.05) is 0 Å². The van der Waals surface area contributed by atoms with Crippen molar-refractivity contribution in [2.75, 3.05) is 6.54 Å². The van der Waals surface area contributed by atoms with Crippen LogP contribution in [-0.4, -0.2) is 16.1 Å². The van der Waals surface area contributed by atoms with Gasteiger partial charge in [-0.3, -0.25) is 0 Å². The van der Waals surface area contributed by atoms with Gasteiger partial charge < -0.3 is 10.3 Å². The smallest absolute Gasteiger partial charge is 0.111 e. The van der Waals surface area contributed by atoms with E-state index in [1.54, 1.807) is 0 Å². The molecule has 1 aliphatic carbocycles. The maximum Gasteiger partial charge on any atom is 0.111 e. The Hall–Kier alpha value is -0.830. The zero-order valence-corrected chi connectivity index (χ0v) is 8.16. The first kappa shape index (κ1) is 8.75. The van der Waals surface area contributed by atoms with Gasteiger partial charge in [-0.2, -0.15) is 0 Å². The molecule has 1 fully saturated rings. The van der Waals surface area contributed by atoms with Crippen LogP contribution >= 0.6 is 0 Å². The Balaban J connectivity index is 2.05. The van der Waals surface area contributed by atoms with Gasteiger partial charge in [0.1, 0.15) is 5.82 Å². The predicted octanol–water partition coefficient (Wildman–Crippen LogP) is 1.19. The van der Waals surface area contributed by atoms with Gasteiger partial charge in [0.05, 0.1) is 5.69 Å². The van der Waals surface area contributed by atoms with Crippen LogP contribution in [0.1, 0.15) is 36.7 Å². The molecule has 0 spiro atoms. The van der Waals surface area contributed by atoms with Gasteiger partial charge in [-0.05, 0) is 32.2 Å². The molecule has 1 saturated carbocycles. The summed E-state index contributed by atoms with van der Waals surface area (Å²) in [5.41, 5.74) is 6.66. The first-order valence-corrected chi connectivity index (χ1v) is 5.03. The second-order valence-electron chi connectivity index (χ2n) is 3.87. The van der Waals surface area contributed by atoms with E-state index < -0.39 is 0 Å². The van der Waals surface area contributed by atoms with Gasteiger partial charge in [0.25, 0.3) is 0 Å². The topological polar surface area (TPSA) is 43.8 Å². The molecule has 3 nitrogen and oxygen atoms in total. The summed E-state index contributed by atoms with van der Waals surface area (Å²) < 4.78 is 2.17. The quantitative estimate of drug-likeness (QED) is 0.754. The van der Waals surface area contributed by atoms with Crippen molar-refractivity contribution in [3.05, 3.63) is 17.7 Å². The zero-order valence-electron chi connectivity index (χ0n) is 8.16. The van der Waals surface area contributed by atoms with Crippen LogP contribution in [0.4, 0.5) is 0 Å². The molecule has 1 aliphatic rings. The number of rotatable bonds is 4. The van der Waals surface area contributed by atoms with Crippen molar-refractivity contribution in [1.29, 1.82) is 0 Å². The molecule has 1 aromatic rings. The first-order valence-electron chi connectivity index (χ1n) is 5.03. The van der Waals surface area contributed by atoms with Crippen molar-refractivity contribution in [3.63, 3.8) is 0 Å². The minimum absolute atomic E-state index is 0.747. The van der Waals surface area contributed by atoms with Gasteiger partial charge in [-0.25, -0.2) is 4.98 Å². The molecule has 72 valence electrons. The number of hydrogen-bond acceptors (Lipinski definition) is 2.